The molecule has 0 aromatic heterocycles. The number of cyclic esters (lactones) is 1. The van der Waals surface area contributed by atoms with Gasteiger partial charge in [-0.3, -0.25) is 19.2 Å². The van der Waals surface area contributed by atoms with Gasteiger partial charge in [-0.15, -0.1) is 0 Å². The minimum atomic E-state index is -1.41. The summed E-state index contributed by atoms with van der Waals surface area (Å²) >= 11 is 0. The number of aliphatic hydroxyl groups excluding tert-OH is 1. The molecular weight excluding hydrogens is 614 g/mol. The summed E-state index contributed by atoms with van der Waals surface area (Å²) in [7, 11) is 1.52. The maximum Gasteiger partial charge on any atom is 0.313 e. The molecule has 1 spiro atoms. The molecule has 0 radical (unpaired) electrons. The van der Waals surface area contributed by atoms with Gasteiger partial charge in [0.2, 0.25) is 17.7 Å². The number of aliphatic hydroxyl groups is 1. The Morgan fingerprint density at radius 3 is 2.50 bits per heavy atom. The molecule has 0 aliphatic carbocycles. The molecule has 0 saturated carbocycles. The number of nitrogens with one attached hydrogen (secondary N) is 1. The highest BCUT2D eigenvalue weighted by Gasteiger charge is 2.74. The fourth-order valence-electron chi connectivity index (χ4n) is 8.00. The van der Waals surface area contributed by atoms with E-state index in [2.05, 4.69) is 12.2 Å². The van der Waals surface area contributed by atoms with Crippen LogP contribution in [0.15, 0.2) is 54.6 Å². The zero-order valence-corrected chi connectivity index (χ0v) is 28.7. The number of benzene rings is 1. The van der Waals surface area contributed by atoms with E-state index in [1.807, 2.05) is 63.3 Å². The third-order valence-corrected chi connectivity index (χ3v) is 10.1. The van der Waals surface area contributed by atoms with Crippen LogP contribution >= 0.6 is 0 Å². The number of amides is 3. The number of allylic oxidation sites excluding steroid dienone is 1. The normalized spacial score (nSPS) is 32.7. The van der Waals surface area contributed by atoms with Crippen LogP contribution in [0.1, 0.15) is 71.5 Å². The molecular formula is C37H51N3O8. The van der Waals surface area contributed by atoms with Crippen LogP contribution in [0.5, 0.6) is 0 Å². The minimum absolute atomic E-state index is 0.0766. The second-order valence-corrected chi connectivity index (χ2v) is 13.9. The Morgan fingerprint density at radius 1 is 1.08 bits per heavy atom. The van der Waals surface area contributed by atoms with Gasteiger partial charge >= 0.3 is 5.97 Å². The van der Waals surface area contributed by atoms with E-state index in [1.54, 1.807) is 17.1 Å². The molecule has 2 saturated heterocycles. The van der Waals surface area contributed by atoms with E-state index >= 15 is 0 Å². The maximum atomic E-state index is 14.9. The lowest BCUT2D eigenvalue weighted by molar-refractivity contribution is -0.163. The van der Waals surface area contributed by atoms with Crippen molar-refractivity contribution in [3.8, 4) is 0 Å². The van der Waals surface area contributed by atoms with Gasteiger partial charge in [-0.05, 0) is 37.7 Å². The van der Waals surface area contributed by atoms with E-state index in [0.29, 0.717) is 18.4 Å². The third kappa shape index (κ3) is 6.82. The molecule has 4 heterocycles. The number of nitrogens with zero attached hydrogens (tertiary/aromatic N) is 2. The zero-order chi connectivity index (χ0) is 34.6. The Labute approximate surface area is 283 Å². The molecule has 11 nitrogen and oxygen atoms in total. The second kappa shape index (κ2) is 15.3. The van der Waals surface area contributed by atoms with Gasteiger partial charge in [0.05, 0.1) is 37.3 Å². The van der Waals surface area contributed by atoms with Crippen LogP contribution in [0, 0.1) is 17.8 Å². The highest BCUT2D eigenvalue weighted by Crippen LogP contribution is 2.56. The Morgan fingerprint density at radius 2 is 1.83 bits per heavy atom. The second-order valence-electron chi connectivity index (χ2n) is 13.9. The van der Waals surface area contributed by atoms with Crippen molar-refractivity contribution in [1.29, 1.82) is 0 Å². The van der Waals surface area contributed by atoms with Crippen LogP contribution in [0.2, 0.25) is 0 Å². The number of ether oxygens (including phenoxy) is 3. The Hall–Kier alpha value is -3.54. The third-order valence-electron chi connectivity index (χ3n) is 10.1. The highest BCUT2D eigenvalue weighted by molar-refractivity contribution is 5.99. The number of likely N-dealkylation sites (tertiary alicyclic amines) is 1. The fourth-order valence-corrected chi connectivity index (χ4v) is 8.00. The number of methoxy groups -OCH3 is 1. The van der Waals surface area contributed by atoms with Crippen molar-refractivity contribution in [2.45, 2.75) is 102 Å². The summed E-state index contributed by atoms with van der Waals surface area (Å²) in [6.45, 7) is 8.07. The van der Waals surface area contributed by atoms with Crippen molar-refractivity contribution < 1.29 is 38.5 Å². The van der Waals surface area contributed by atoms with Gasteiger partial charge in [-0.2, -0.15) is 0 Å². The van der Waals surface area contributed by atoms with E-state index < -0.39 is 59.6 Å². The molecule has 11 heteroatoms. The molecule has 9 atom stereocenters. The standard InChI is InChI=1S/C37H51N3O8/c1-6-13-24(4)39-19-12-8-11-16-29(42)38-27(22-46-5)32(25-14-9-7-10-15-25)47-36(45)30-28-17-18-37(48-28)31(30)34(43)40(33(37)35(39)44)26(21-41)20-23(2)3/h7-10,12,14-15,17-18,23-24,26-28,30-33,41H,6,11,13,16,19-22H2,1-5H3,(H,38,42)/b12-8-/t24?,26-,27-,28+,30-,31-,32-,33+,37-/m1/s1. The summed E-state index contributed by atoms with van der Waals surface area (Å²) < 4.78 is 18.4. The number of fused-ring (bicyclic) bond motifs is 2. The number of hydrogen-bond acceptors (Lipinski definition) is 8. The molecule has 3 amide bonds. The number of carbonyl (C=O) groups is 4. The van der Waals surface area contributed by atoms with Gasteiger partial charge < -0.3 is 34.4 Å². The van der Waals surface area contributed by atoms with Crippen LogP contribution in [-0.4, -0.2) is 101 Å². The van der Waals surface area contributed by atoms with Crippen molar-refractivity contribution in [1.82, 2.24) is 15.1 Å². The molecule has 4 aliphatic rings. The summed E-state index contributed by atoms with van der Waals surface area (Å²) in [6, 6.07) is 6.53. The lowest BCUT2D eigenvalue weighted by Crippen LogP contribution is -2.60. The molecule has 262 valence electrons. The topological polar surface area (TPSA) is 135 Å². The summed E-state index contributed by atoms with van der Waals surface area (Å²) in [6.07, 6.45) is 8.29. The first kappa shape index (κ1) is 35.8. The largest absolute Gasteiger partial charge is 0.455 e. The predicted octanol–water partition coefficient (Wildman–Crippen LogP) is 3.33. The summed E-state index contributed by atoms with van der Waals surface area (Å²) in [5.41, 5.74) is -0.748. The zero-order valence-electron chi connectivity index (χ0n) is 28.7. The highest BCUT2D eigenvalue weighted by atomic mass is 16.6. The Balaban J connectivity index is 1.63. The monoisotopic (exact) mass is 665 g/mol. The molecule has 1 unspecified atom stereocenters. The smallest absolute Gasteiger partial charge is 0.313 e. The SMILES string of the molecule is CCCC(C)N1C/C=C\CCC(=O)N[C@H](COC)[C@@H](c2ccccc2)OC(=O)[C@@H]2[C@@H]3C=C[C@]4(O3)[C@H](C1=O)N([C@@H](CO)CC(C)C)C(=O)[C@@H]24. The first-order valence-electron chi connectivity index (χ1n) is 17.4. The molecule has 5 bridgehead atoms. The average molecular weight is 666 g/mol. The number of carbonyl (C=O) groups excluding carboxylic acids is 4. The van der Waals surface area contributed by atoms with Gasteiger partial charge in [-0.25, -0.2) is 0 Å². The van der Waals surface area contributed by atoms with Crippen molar-refractivity contribution in [2.75, 3.05) is 26.9 Å². The fraction of sp³-hybridized carbons (Fsp3) is 0.622. The van der Waals surface area contributed by atoms with E-state index in [4.69, 9.17) is 14.2 Å². The van der Waals surface area contributed by atoms with Crippen molar-refractivity contribution in [3.63, 3.8) is 0 Å². The van der Waals surface area contributed by atoms with Crippen LogP contribution in [0.3, 0.4) is 0 Å². The molecule has 48 heavy (non-hydrogen) atoms. The lowest BCUT2D eigenvalue weighted by atomic mass is 9.74. The first-order valence-corrected chi connectivity index (χ1v) is 17.4. The number of esters is 1. The Kier molecular flexibility index (Phi) is 11.4. The first-order chi connectivity index (χ1) is 23.1. The van der Waals surface area contributed by atoms with Crippen molar-refractivity contribution >= 4 is 23.7 Å². The van der Waals surface area contributed by atoms with E-state index in [-0.39, 0.29) is 50.0 Å². The molecule has 2 fully saturated rings. The van der Waals surface area contributed by atoms with Gasteiger partial charge in [-0.1, -0.05) is 81.8 Å². The quantitative estimate of drug-likeness (QED) is 0.287. The summed E-state index contributed by atoms with van der Waals surface area (Å²) in [5.74, 6) is -3.53. The Bertz CT molecular complexity index is 1380. The predicted molar refractivity (Wildman–Crippen MR) is 178 cm³/mol. The maximum absolute atomic E-state index is 14.9. The molecule has 1 aromatic carbocycles. The number of rotatable bonds is 10. The minimum Gasteiger partial charge on any atom is -0.455 e. The molecule has 2 N–H and O–H groups in total. The summed E-state index contributed by atoms with van der Waals surface area (Å²) in [5, 5.41) is 13.7. The van der Waals surface area contributed by atoms with E-state index in [1.165, 1.54) is 12.0 Å². The molecule has 1 aromatic rings. The van der Waals surface area contributed by atoms with Gasteiger partial charge in [0.15, 0.2) is 0 Å². The molecule has 4 aliphatic heterocycles. The van der Waals surface area contributed by atoms with Crippen LogP contribution in [-0.2, 0) is 33.4 Å². The summed E-state index contributed by atoms with van der Waals surface area (Å²) in [4.78, 5) is 60.4. The van der Waals surface area contributed by atoms with Gasteiger partial charge in [0.25, 0.3) is 0 Å². The number of hydrogen-bond donors (Lipinski definition) is 2. The van der Waals surface area contributed by atoms with Crippen LogP contribution < -0.4 is 5.32 Å². The van der Waals surface area contributed by atoms with E-state index in [0.717, 1.165) is 12.8 Å². The van der Waals surface area contributed by atoms with E-state index in [9.17, 15) is 24.3 Å². The van der Waals surface area contributed by atoms with Gasteiger partial charge in [0.1, 0.15) is 23.7 Å². The van der Waals surface area contributed by atoms with Gasteiger partial charge in [0, 0.05) is 26.1 Å². The van der Waals surface area contributed by atoms with Crippen molar-refractivity contribution in [3.05, 3.63) is 60.2 Å². The average Bonchev–Trinajstić information content (AvgIpc) is 3.71. The van der Waals surface area contributed by atoms with Crippen LogP contribution in [0.4, 0.5) is 0 Å². The lowest BCUT2D eigenvalue weighted by Gasteiger charge is -2.40. The van der Waals surface area contributed by atoms with Crippen molar-refractivity contribution in [2.24, 2.45) is 17.8 Å². The van der Waals surface area contributed by atoms with Crippen LogP contribution in [0.25, 0.3) is 0 Å². The molecule has 5 rings (SSSR count).